The van der Waals surface area contributed by atoms with Gasteiger partial charge in [0.1, 0.15) is 0 Å². The van der Waals surface area contributed by atoms with Gasteiger partial charge in [-0.15, -0.1) is 0 Å². The topological polar surface area (TPSA) is 54.0 Å². The molecule has 0 aliphatic carbocycles. The summed E-state index contributed by atoms with van der Waals surface area (Å²) < 4.78 is 19.9. The third kappa shape index (κ3) is 13.2. The molecule has 0 aromatic heterocycles. The first-order valence-electron chi connectivity index (χ1n) is 5.61. The van der Waals surface area contributed by atoms with Gasteiger partial charge < -0.3 is 18.0 Å². The average Bonchev–Trinajstić information content (AvgIpc) is 2.30. The van der Waals surface area contributed by atoms with E-state index in [4.69, 9.17) is 13.3 Å². The molecule has 0 radical (unpaired) electrons. The smallest absolute Gasteiger partial charge is 0.466 e. The van der Waals surface area contributed by atoms with E-state index in [1.807, 2.05) is 20.8 Å². The molecule has 0 amide bonds. The Balaban J connectivity index is 0. The molecule has 0 aromatic carbocycles. The molecule has 0 N–H and O–H groups in total. The maximum Gasteiger partial charge on any atom is 0.484 e. The van der Waals surface area contributed by atoms with Crippen LogP contribution in [0, 0.1) is 0 Å². The van der Waals surface area contributed by atoms with Gasteiger partial charge in [0, 0.05) is 25.4 Å². The zero-order valence-electron chi connectivity index (χ0n) is 11.4. The lowest BCUT2D eigenvalue weighted by atomic mass is 10.4. The number of carbonyl (C=O) groups is 1. The van der Waals surface area contributed by atoms with E-state index < -0.39 is 9.53 Å². The Labute approximate surface area is 106 Å². The zero-order chi connectivity index (χ0) is 13.7. The van der Waals surface area contributed by atoms with Crippen molar-refractivity contribution in [2.45, 2.75) is 27.7 Å². The number of methoxy groups -OCH3 is 1. The van der Waals surface area contributed by atoms with Crippen LogP contribution in [-0.4, -0.2) is 42.4 Å². The van der Waals surface area contributed by atoms with E-state index >= 15 is 0 Å². The van der Waals surface area contributed by atoms with Crippen molar-refractivity contribution >= 4 is 15.5 Å². The summed E-state index contributed by atoms with van der Waals surface area (Å²) >= 11 is 0. The van der Waals surface area contributed by atoms with Crippen molar-refractivity contribution in [2.24, 2.45) is 0 Å². The molecule has 17 heavy (non-hydrogen) atoms. The van der Waals surface area contributed by atoms with Crippen molar-refractivity contribution in [3.63, 3.8) is 0 Å². The second kappa shape index (κ2) is 13.4. The van der Waals surface area contributed by atoms with Gasteiger partial charge in [0.2, 0.25) is 0 Å². The van der Waals surface area contributed by atoms with Gasteiger partial charge in [-0.3, -0.25) is 0 Å². The monoisotopic (exact) mass is 264 g/mol. The molecule has 0 aliphatic heterocycles. The molecule has 0 aliphatic rings. The molecule has 0 atom stereocenters. The van der Waals surface area contributed by atoms with Crippen LogP contribution in [-0.2, 0) is 22.8 Å². The molecule has 102 valence electrons. The third-order valence-corrected chi connectivity index (χ3v) is 3.26. The van der Waals surface area contributed by atoms with Gasteiger partial charge in [0.25, 0.3) is 0 Å². The van der Waals surface area contributed by atoms with Crippen LogP contribution in [0.25, 0.3) is 0 Å². The lowest BCUT2D eigenvalue weighted by molar-refractivity contribution is -0.136. The minimum Gasteiger partial charge on any atom is -0.466 e. The van der Waals surface area contributed by atoms with Crippen LogP contribution in [0.5, 0.6) is 0 Å². The molecular weight excluding hydrogens is 240 g/mol. The fraction of sp³-hybridized carbons (Fsp3) is 0.727. The van der Waals surface area contributed by atoms with Crippen molar-refractivity contribution < 1.29 is 22.8 Å². The summed E-state index contributed by atoms with van der Waals surface area (Å²) in [5.41, 5.74) is 0.433. The van der Waals surface area contributed by atoms with E-state index in [0.29, 0.717) is 25.4 Å². The van der Waals surface area contributed by atoms with Gasteiger partial charge in [-0.1, -0.05) is 6.58 Å². The predicted octanol–water partition coefficient (Wildman–Crippen LogP) is 1.55. The first-order valence-corrected chi connectivity index (χ1v) is 7.03. The largest absolute Gasteiger partial charge is 0.484 e. The minimum atomic E-state index is -1.73. The molecule has 0 aromatic rings. The molecule has 0 rings (SSSR count). The Kier molecular flexibility index (Phi) is 14.7. The summed E-state index contributed by atoms with van der Waals surface area (Å²) in [5, 5.41) is 0. The Morgan fingerprint density at radius 1 is 1.06 bits per heavy atom. The van der Waals surface area contributed by atoms with Gasteiger partial charge in [-0.05, 0) is 27.7 Å². The highest BCUT2D eigenvalue weighted by atomic mass is 28.3. The first kappa shape index (κ1) is 18.7. The molecule has 0 saturated carbocycles. The van der Waals surface area contributed by atoms with E-state index in [2.05, 4.69) is 11.3 Å². The highest BCUT2D eigenvalue weighted by molar-refractivity contribution is 6.36. The summed E-state index contributed by atoms with van der Waals surface area (Å²) in [6.07, 6.45) is 0. The van der Waals surface area contributed by atoms with Crippen LogP contribution >= 0.6 is 0 Å². The van der Waals surface area contributed by atoms with Crippen LogP contribution < -0.4 is 0 Å². The second-order valence-electron chi connectivity index (χ2n) is 2.93. The molecule has 0 spiro atoms. The van der Waals surface area contributed by atoms with Crippen molar-refractivity contribution in [2.75, 3.05) is 26.9 Å². The average molecular weight is 264 g/mol. The van der Waals surface area contributed by atoms with Crippen LogP contribution in [0.1, 0.15) is 27.7 Å². The predicted molar refractivity (Wildman–Crippen MR) is 68.9 cm³/mol. The number of carbonyl (C=O) groups excluding carboxylic acids is 1. The van der Waals surface area contributed by atoms with Crippen LogP contribution in [0.3, 0.4) is 0 Å². The highest BCUT2D eigenvalue weighted by Gasteiger charge is 2.11. The van der Waals surface area contributed by atoms with Crippen LogP contribution in [0.4, 0.5) is 0 Å². The fourth-order valence-electron chi connectivity index (χ4n) is 0.727. The van der Waals surface area contributed by atoms with Gasteiger partial charge in [0.05, 0.1) is 7.11 Å². The fourth-order valence-corrected chi connectivity index (χ4v) is 1.83. The number of hydrogen-bond acceptors (Lipinski definition) is 5. The zero-order valence-corrected chi connectivity index (χ0v) is 12.6. The summed E-state index contributed by atoms with van der Waals surface area (Å²) in [6.45, 7) is 12.8. The molecule has 6 heteroatoms. The highest BCUT2D eigenvalue weighted by Crippen LogP contribution is 1.91. The summed E-state index contributed by atoms with van der Waals surface area (Å²) in [4.78, 5) is 10.2. The maximum atomic E-state index is 10.2. The Bertz CT molecular complexity index is 194. The summed E-state index contributed by atoms with van der Waals surface area (Å²) in [7, 11) is -0.403. The van der Waals surface area contributed by atoms with Crippen LogP contribution in [0.2, 0.25) is 0 Å². The number of hydrogen-bond donors (Lipinski definition) is 0. The second-order valence-corrected chi connectivity index (χ2v) is 4.50. The molecular formula is C11H24O5Si. The van der Waals surface area contributed by atoms with Crippen molar-refractivity contribution in [1.29, 1.82) is 0 Å². The Morgan fingerprint density at radius 3 is 1.53 bits per heavy atom. The summed E-state index contributed by atoms with van der Waals surface area (Å²) in [6, 6.07) is 0. The van der Waals surface area contributed by atoms with Crippen molar-refractivity contribution in [3.8, 4) is 0 Å². The lowest BCUT2D eigenvalue weighted by Crippen LogP contribution is -2.27. The van der Waals surface area contributed by atoms with Crippen LogP contribution in [0.15, 0.2) is 12.2 Å². The molecule has 5 nitrogen and oxygen atoms in total. The summed E-state index contributed by atoms with van der Waals surface area (Å²) in [5.74, 6) is -0.347. The number of ether oxygens (including phenoxy) is 1. The van der Waals surface area contributed by atoms with Gasteiger partial charge in [-0.25, -0.2) is 4.79 Å². The molecule has 0 fully saturated rings. The standard InChI is InChI=1S/C6H16O3Si.C5H8O2/c1-4-7-10(8-5-2)9-6-3;1-4(2)5(6)7-3/h10H,4-6H2,1-3H3;1H2,2-3H3. The van der Waals surface area contributed by atoms with E-state index in [0.717, 1.165) is 0 Å². The Hall–Kier alpha value is -0.693. The van der Waals surface area contributed by atoms with Gasteiger partial charge >= 0.3 is 15.5 Å². The third-order valence-electron chi connectivity index (χ3n) is 1.44. The van der Waals surface area contributed by atoms with Crippen molar-refractivity contribution in [1.82, 2.24) is 0 Å². The van der Waals surface area contributed by atoms with Gasteiger partial charge in [0.15, 0.2) is 0 Å². The first-order chi connectivity index (χ1) is 8.03. The molecule has 0 saturated heterocycles. The maximum absolute atomic E-state index is 10.2. The lowest BCUT2D eigenvalue weighted by Gasteiger charge is -2.12. The number of esters is 1. The molecule has 0 unspecified atom stereocenters. The van der Waals surface area contributed by atoms with Gasteiger partial charge in [-0.2, -0.15) is 0 Å². The quantitative estimate of drug-likeness (QED) is 0.397. The van der Waals surface area contributed by atoms with E-state index in [9.17, 15) is 4.79 Å². The Morgan fingerprint density at radius 2 is 1.41 bits per heavy atom. The van der Waals surface area contributed by atoms with E-state index in [1.165, 1.54) is 7.11 Å². The minimum absolute atomic E-state index is 0.347. The van der Waals surface area contributed by atoms with E-state index in [1.54, 1.807) is 6.92 Å². The SMILES string of the molecule is C=C(C)C(=O)OC.CCO[SiH](OCC)OCC. The van der Waals surface area contributed by atoms with Crippen molar-refractivity contribution in [3.05, 3.63) is 12.2 Å². The normalized spacial score (nSPS) is 9.53. The molecule has 0 heterocycles. The number of rotatable bonds is 7. The van der Waals surface area contributed by atoms with E-state index in [-0.39, 0.29) is 5.97 Å². The molecule has 0 bridgehead atoms.